The van der Waals surface area contributed by atoms with Gasteiger partial charge in [-0.2, -0.15) is 5.10 Å². The van der Waals surface area contributed by atoms with Crippen molar-refractivity contribution < 1.29 is 9.53 Å². The van der Waals surface area contributed by atoms with E-state index in [1.165, 1.54) is 6.33 Å². The highest BCUT2D eigenvalue weighted by molar-refractivity contribution is 5.81. The van der Waals surface area contributed by atoms with E-state index in [9.17, 15) is 4.79 Å². The first-order valence-corrected chi connectivity index (χ1v) is 8.10. The number of hydrogen-bond acceptors (Lipinski definition) is 4. The first-order valence-electron chi connectivity index (χ1n) is 8.10. The molecule has 6 nitrogen and oxygen atoms in total. The van der Waals surface area contributed by atoms with Gasteiger partial charge in [-0.1, -0.05) is 30.3 Å². The quantitative estimate of drug-likeness (QED) is 0.751. The molecule has 0 saturated heterocycles. The fourth-order valence-corrected chi connectivity index (χ4v) is 2.43. The Morgan fingerprint density at radius 1 is 1.08 bits per heavy atom. The molecule has 25 heavy (non-hydrogen) atoms. The lowest BCUT2D eigenvalue weighted by molar-refractivity contribution is -0.127. The van der Waals surface area contributed by atoms with Crippen LogP contribution in [0.15, 0.2) is 67.3 Å². The van der Waals surface area contributed by atoms with Crippen LogP contribution in [0.5, 0.6) is 5.75 Å². The third-order valence-electron chi connectivity index (χ3n) is 3.86. The molecule has 0 aliphatic heterocycles. The molecular weight excluding hydrogens is 316 g/mol. The van der Waals surface area contributed by atoms with Gasteiger partial charge < -0.3 is 10.1 Å². The van der Waals surface area contributed by atoms with Crippen LogP contribution in [-0.4, -0.2) is 26.8 Å². The second-order valence-corrected chi connectivity index (χ2v) is 5.73. The second-order valence-electron chi connectivity index (χ2n) is 5.73. The molecule has 1 aromatic heterocycles. The maximum Gasteiger partial charge on any atom is 0.261 e. The Morgan fingerprint density at radius 3 is 2.44 bits per heavy atom. The van der Waals surface area contributed by atoms with Gasteiger partial charge in [0.15, 0.2) is 6.10 Å². The van der Waals surface area contributed by atoms with Crippen molar-refractivity contribution in [1.82, 2.24) is 20.1 Å². The summed E-state index contributed by atoms with van der Waals surface area (Å²) < 4.78 is 7.33. The molecule has 6 heteroatoms. The summed E-state index contributed by atoms with van der Waals surface area (Å²) in [5.41, 5.74) is 1.92. The monoisotopic (exact) mass is 336 g/mol. The van der Waals surface area contributed by atoms with Crippen molar-refractivity contribution in [3.8, 4) is 11.4 Å². The van der Waals surface area contributed by atoms with Crippen molar-refractivity contribution in [1.29, 1.82) is 0 Å². The summed E-state index contributed by atoms with van der Waals surface area (Å²) in [6.45, 7) is 3.68. The molecular formula is C19H20N4O2. The number of nitrogens with zero attached hydrogens (tertiary/aromatic N) is 3. The Labute approximate surface area is 146 Å². The minimum atomic E-state index is -0.570. The molecule has 0 aliphatic rings. The molecule has 1 heterocycles. The number of aromatic nitrogens is 3. The maximum absolute atomic E-state index is 12.3. The number of carbonyl (C=O) groups is 1. The normalized spacial score (nSPS) is 13.0. The molecule has 0 fully saturated rings. The summed E-state index contributed by atoms with van der Waals surface area (Å²) in [5, 5.41) is 7.06. The van der Waals surface area contributed by atoms with Gasteiger partial charge >= 0.3 is 0 Å². The molecule has 2 aromatic carbocycles. The van der Waals surface area contributed by atoms with Gasteiger partial charge in [0, 0.05) is 0 Å². The standard InChI is InChI=1S/C19H20N4O2/c1-14(16-8-10-17(11-9-16)23-13-20-12-21-23)22-19(24)15(2)25-18-6-4-3-5-7-18/h3-15H,1-2H3,(H,22,24)/t14-,15+/m1/s1. The summed E-state index contributed by atoms with van der Waals surface area (Å²) >= 11 is 0. The van der Waals surface area contributed by atoms with Crippen molar-refractivity contribution in [2.45, 2.75) is 26.0 Å². The van der Waals surface area contributed by atoms with Gasteiger partial charge in [-0.3, -0.25) is 4.79 Å². The zero-order valence-corrected chi connectivity index (χ0v) is 14.2. The van der Waals surface area contributed by atoms with E-state index in [-0.39, 0.29) is 11.9 Å². The van der Waals surface area contributed by atoms with Crippen LogP contribution in [0.4, 0.5) is 0 Å². The van der Waals surface area contributed by atoms with Crippen molar-refractivity contribution in [3.05, 3.63) is 72.8 Å². The van der Waals surface area contributed by atoms with Crippen LogP contribution in [0.3, 0.4) is 0 Å². The van der Waals surface area contributed by atoms with Gasteiger partial charge in [0.1, 0.15) is 18.4 Å². The Bertz CT molecular complexity index is 801. The van der Waals surface area contributed by atoms with Gasteiger partial charge in [0.25, 0.3) is 5.91 Å². The molecule has 3 aromatic rings. The van der Waals surface area contributed by atoms with Gasteiger partial charge in [0.05, 0.1) is 11.7 Å². The Morgan fingerprint density at radius 2 is 1.80 bits per heavy atom. The van der Waals surface area contributed by atoms with Crippen molar-refractivity contribution in [3.63, 3.8) is 0 Å². The summed E-state index contributed by atoms with van der Waals surface area (Å²) in [7, 11) is 0. The molecule has 128 valence electrons. The zero-order valence-electron chi connectivity index (χ0n) is 14.2. The number of ether oxygens (including phenoxy) is 1. The zero-order chi connectivity index (χ0) is 17.6. The van der Waals surface area contributed by atoms with Crippen LogP contribution < -0.4 is 10.1 Å². The average molecular weight is 336 g/mol. The van der Waals surface area contributed by atoms with Gasteiger partial charge in [-0.25, -0.2) is 9.67 Å². The molecule has 2 atom stereocenters. The van der Waals surface area contributed by atoms with Crippen LogP contribution in [-0.2, 0) is 4.79 Å². The largest absolute Gasteiger partial charge is 0.481 e. The highest BCUT2D eigenvalue weighted by atomic mass is 16.5. The van der Waals surface area contributed by atoms with Crippen LogP contribution >= 0.6 is 0 Å². The van der Waals surface area contributed by atoms with E-state index in [1.807, 2.05) is 61.5 Å². The number of amides is 1. The molecule has 0 aliphatic carbocycles. The summed E-state index contributed by atoms with van der Waals surface area (Å²) in [6, 6.07) is 17.0. The van der Waals surface area contributed by atoms with E-state index in [0.717, 1.165) is 11.3 Å². The van der Waals surface area contributed by atoms with E-state index in [2.05, 4.69) is 15.4 Å². The van der Waals surface area contributed by atoms with E-state index in [4.69, 9.17) is 4.74 Å². The summed E-state index contributed by atoms with van der Waals surface area (Å²) in [6.07, 6.45) is 2.56. The molecule has 1 amide bonds. The minimum absolute atomic E-state index is 0.126. The molecule has 0 spiro atoms. The Kier molecular flexibility index (Phi) is 5.09. The van der Waals surface area contributed by atoms with E-state index < -0.39 is 6.10 Å². The topological polar surface area (TPSA) is 69.0 Å². The Balaban J connectivity index is 1.59. The number of hydrogen-bond donors (Lipinski definition) is 1. The first-order chi connectivity index (χ1) is 12.1. The number of para-hydroxylation sites is 1. The van der Waals surface area contributed by atoms with Gasteiger partial charge in [-0.15, -0.1) is 0 Å². The average Bonchev–Trinajstić information content (AvgIpc) is 3.17. The maximum atomic E-state index is 12.3. The van der Waals surface area contributed by atoms with Crippen LogP contribution in [0.1, 0.15) is 25.5 Å². The van der Waals surface area contributed by atoms with Crippen LogP contribution in [0.25, 0.3) is 5.69 Å². The van der Waals surface area contributed by atoms with Crippen molar-refractivity contribution >= 4 is 5.91 Å². The molecule has 0 radical (unpaired) electrons. The molecule has 0 unspecified atom stereocenters. The van der Waals surface area contributed by atoms with Crippen molar-refractivity contribution in [2.75, 3.05) is 0 Å². The lowest BCUT2D eigenvalue weighted by atomic mass is 10.1. The second kappa shape index (κ2) is 7.61. The fourth-order valence-electron chi connectivity index (χ4n) is 2.43. The number of rotatable bonds is 6. The summed E-state index contributed by atoms with van der Waals surface area (Å²) in [4.78, 5) is 16.3. The Hall–Kier alpha value is -3.15. The highest BCUT2D eigenvalue weighted by Crippen LogP contribution is 2.16. The van der Waals surface area contributed by atoms with Crippen LogP contribution in [0, 0.1) is 0 Å². The minimum Gasteiger partial charge on any atom is -0.481 e. The number of carbonyl (C=O) groups excluding carboxylic acids is 1. The predicted molar refractivity (Wildman–Crippen MR) is 94.4 cm³/mol. The predicted octanol–water partition coefficient (Wildman–Crippen LogP) is 2.91. The molecule has 1 N–H and O–H groups in total. The van der Waals surface area contributed by atoms with Gasteiger partial charge in [0.2, 0.25) is 0 Å². The third kappa shape index (κ3) is 4.23. The highest BCUT2D eigenvalue weighted by Gasteiger charge is 2.17. The van der Waals surface area contributed by atoms with E-state index >= 15 is 0 Å². The fraction of sp³-hybridized carbons (Fsp3) is 0.211. The molecule has 0 saturated carbocycles. The van der Waals surface area contributed by atoms with E-state index in [1.54, 1.807) is 17.9 Å². The third-order valence-corrected chi connectivity index (χ3v) is 3.86. The molecule has 3 rings (SSSR count). The first kappa shape index (κ1) is 16.7. The number of benzene rings is 2. The van der Waals surface area contributed by atoms with Crippen molar-refractivity contribution in [2.24, 2.45) is 0 Å². The van der Waals surface area contributed by atoms with E-state index in [0.29, 0.717) is 5.75 Å². The lowest BCUT2D eigenvalue weighted by Crippen LogP contribution is -2.37. The molecule has 0 bridgehead atoms. The number of nitrogens with one attached hydrogen (secondary N) is 1. The smallest absolute Gasteiger partial charge is 0.261 e. The van der Waals surface area contributed by atoms with Crippen LogP contribution in [0.2, 0.25) is 0 Å². The lowest BCUT2D eigenvalue weighted by Gasteiger charge is -2.19. The van der Waals surface area contributed by atoms with Gasteiger partial charge in [-0.05, 0) is 43.7 Å². The SMILES string of the molecule is C[C@H](Oc1ccccc1)C(=O)N[C@H](C)c1ccc(-n2cncn2)cc1. The summed E-state index contributed by atoms with van der Waals surface area (Å²) in [5.74, 6) is 0.520.